The maximum Gasteiger partial charge on any atom is 0.205 e. The summed E-state index contributed by atoms with van der Waals surface area (Å²) < 4.78 is 1.79. The third-order valence-electron chi connectivity index (χ3n) is 0.727. The molecule has 0 aromatic carbocycles. The first-order chi connectivity index (χ1) is 3.80. The molecule has 1 heterocycles. The zero-order valence-corrected chi connectivity index (χ0v) is 6.87. The van der Waals surface area contributed by atoms with Gasteiger partial charge in [0.25, 0.3) is 0 Å². The van der Waals surface area contributed by atoms with Gasteiger partial charge in [-0.1, -0.05) is 11.6 Å². The van der Waals surface area contributed by atoms with Crippen LogP contribution >= 0.6 is 34.5 Å². The second kappa shape index (κ2) is 2.68. The zero-order chi connectivity index (χ0) is 5.98. The lowest BCUT2D eigenvalue weighted by molar-refractivity contribution is 0.624. The highest BCUT2D eigenvalue weighted by molar-refractivity contribution is 14.1. The van der Waals surface area contributed by atoms with Crippen molar-refractivity contribution in [2.75, 3.05) is 0 Å². The van der Waals surface area contributed by atoms with Gasteiger partial charge in [-0.3, -0.25) is 8.11 Å². The van der Waals surface area contributed by atoms with Crippen LogP contribution in [-0.4, -0.2) is 15.0 Å². The van der Waals surface area contributed by atoms with Crippen molar-refractivity contribution in [3.05, 3.63) is 12.3 Å². The molecular weight excluding hydrogens is 238 g/mol. The summed E-state index contributed by atoms with van der Waals surface area (Å²) in [4.78, 5) is 3.88. The van der Waals surface area contributed by atoms with Crippen molar-refractivity contribution in [1.29, 1.82) is 0 Å². The topological polar surface area (TPSA) is 15.6 Å². The lowest BCUT2D eigenvalue weighted by Gasteiger charge is -2.15. The van der Waals surface area contributed by atoms with Gasteiger partial charge in [0.05, 0.1) is 22.9 Å². The molecule has 0 aromatic rings. The van der Waals surface area contributed by atoms with Gasteiger partial charge in [0.15, 0.2) is 0 Å². The minimum atomic E-state index is -0.222. The van der Waals surface area contributed by atoms with Crippen LogP contribution in [0.25, 0.3) is 0 Å². The highest BCUT2D eigenvalue weighted by Gasteiger charge is 2.06. The standard InChI is InChI=1S/C4H4ClIN2/c5-4-7-2-1-3-8(4)6/h1-4H. The molecule has 1 unspecified atom stereocenters. The lowest BCUT2D eigenvalue weighted by atomic mass is 10.6. The van der Waals surface area contributed by atoms with Crippen LogP contribution in [0.1, 0.15) is 0 Å². The summed E-state index contributed by atoms with van der Waals surface area (Å²) in [7, 11) is 0. The Morgan fingerprint density at radius 1 is 1.75 bits per heavy atom. The van der Waals surface area contributed by atoms with Crippen molar-refractivity contribution in [2.24, 2.45) is 4.99 Å². The van der Waals surface area contributed by atoms with Crippen molar-refractivity contribution in [3.63, 3.8) is 0 Å². The van der Waals surface area contributed by atoms with Crippen LogP contribution in [0, 0.1) is 0 Å². The lowest BCUT2D eigenvalue weighted by Crippen LogP contribution is -2.14. The molecule has 1 rings (SSSR count). The van der Waals surface area contributed by atoms with Crippen molar-refractivity contribution >= 4 is 40.7 Å². The number of aliphatic imine (C=N–C) groups is 1. The average molecular weight is 242 g/mol. The van der Waals surface area contributed by atoms with Gasteiger partial charge in [0, 0.05) is 12.4 Å². The van der Waals surface area contributed by atoms with Crippen LogP contribution in [-0.2, 0) is 0 Å². The number of rotatable bonds is 0. The number of hydrogen-bond acceptors (Lipinski definition) is 2. The predicted octanol–water partition coefficient (Wildman–Crippen LogP) is 1.76. The van der Waals surface area contributed by atoms with Gasteiger partial charge in [0.2, 0.25) is 5.62 Å². The number of nitrogens with zero attached hydrogens (tertiary/aromatic N) is 2. The molecule has 0 amide bonds. The van der Waals surface area contributed by atoms with Gasteiger partial charge in [-0.05, 0) is 6.08 Å². The second-order valence-corrected chi connectivity index (χ2v) is 2.80. The maximum atomic E-state index is 5.64. The Labute approximate surface area is 66.7 Å². The zero-order valence-electron chi connectivity index (χ0n) is 3.96. The summed E-state index contributed by atoms with van der Waals surface area (Å²) >= 11 is 7.72. The van der Waals surface area contributed by atoms with E-state index >= 15 is 0 Å². The molecule has 8 heavy (non-hydrogen) atoms. The summed E-state index contributed by atoms with van der Waals surface area (Å²) in [5.41, 5.74) is -0.222. The van der Waals surface area contributed by atoms with Gasteiger partial charge in [-0.25, -0.2) is 0 Å². The molecule has 0 aliphatic carbocycles. The fourth-order valence-electron chi connectivity index (χ4n) is 0.376. The third kappa shape index (κ3) is 1.35. The van der Waals surface area contributed by atoms with E-state index in [1.165, 1.54) is 0 Å². The average Bonchev–Trinajstić information content (AvgIpc) is 1.77. The van der Waals surface area contributed by atoms with E-state index in [0.717, 1.165) is 0 Å². The van der Waals surface area contributed by atoms with Gasteiger partial charge < -0.3 is 0 Å². The molecule has 0 bridgehead atoms. The molecule has 1 aliphatic rings. The largest absolute Gasteiger partial charge is 0.285 e. The molecule has 0 radical (unpaired) electrons. The van der Waals surface area contributed by atoms with Crippen LogP contribution in [0.15, 0.2) is 17.3 Å². The SMILES string of the molecule is ClC1N=CC=CN1I. The molecule has 44 valence electrons. The van der Waals surface area contributed by atoms with Crippen LogP contribution in [0.5, 0.6) is 0 Å². The fraction of sp³-hybridized carbons (Fsp3) is 0.250. The molecule has 0 aromatic heterocycles. The van der Waals surface area contributed by atoms with E-state index in [1.807, 2.05) is 12.3 Å². The molecule has 0 spiro atoms. The predicted molar refractivity (Wildman–Crippen MR) is 43.1 cm³/mol. The van der Waals surface area contributed by atoms with E-state index < -0.39 is 0 Å². The van der Waals surface area contributed by atoms with Gasteiger partial charge >= 0.3 is 0 Å². The summed E-state index contributed by atoms with van der Waals surface area (Å²) in [5.74, 6) is 0. The maximum absolute atomic E-state index is 5.64. The summed E-state index contributed by atoms with van der Waals surface area (Å²) in [5, 5.41) is 0. The van der Waals surface area contributed by atoms with E-state index in [1.54, 1.807) is 9.33 Å². The van der Waals surface area contributed by atoms with Gasteiger partial charge in [-0.2, -0.15) is 0 Å². The van der Waals surface area contributed by atoms with E-state index in [4.69, 9.17) is 11.6 Å². The Morgan fingerprint density at radius 3 is 2.88 bits per heavy atom. The van der Waals surface area contributed by atoms with Crippen LogP contribution in [0.4, 0.5) is 0 Å². The summed E-state index contributed by atoms with van der Waals surface area (Å²) in [6, 6.07) is 0. The van der Waals surface area contributed by atoms with Crippen LogP contribution < -0.4 is 0 Å². The van der Waals surface area contributed by atoms with Gasteiger partial charge in [-0.15, -0.1) is 0 Å². The van der Waals surface area contributed by atoms with Crippen LogP contribution in [0.2, 0.25) is 0 Å². The first kappa shape index (κ1) is 6.35. The summed E-state index contributed by atoms with van der Waals surface area (Å²) in [6.07, 6.45) is 5.39. The van der Waals surface area contributed by atoms with Crippen molar-refractivity contribution in [1.82, 2.24) is 3.11 Å². The van der Waals surface area contributed by atoms with E-state index in [2.05, 4.69) is 27.9 Å². The highest BCUT2D eigenvalue weighted by atomic mass is 127. The van der Waals surface area contributed by atoms with E-state index in [0.29, 0.717) is 0 Å². The minimum Gasteiger partial charge on any atom is -0.285 e. The normalized spacial score (nSPS) is 26.8. The number of allylic oxidation sites excluding steroid dienone is 1. The Bertz CT molecular complexity index is 118. The van der Waals surface area contributed by atoms with Crippen LogP contribution in [0.3, 0.4) is 0 Å². The molecule has 4 heteroatoms. The Kier molecular flexibility index (Phi) is 2.13. The molecule has 0 N–H and O–H groups in total. The Morgan fingerprint density at radius 2 is 2.50 bits per heavy atom. The number of alkyl halides is 1. The monoisotopic (exact) mass is 242 g/mol. The molecule has 0 fully saturated rings. The number of hydrogen-bond donors (Lipinski definition) is 0. The summed E-state index contributed by atoms with van der Waals surface area (Å²) in [6.45, 7) is 0. The minimum absolute atomic E-state index is 0.222. The molecule has 0 saturated carbocycles. The van der Waals surface area contributed by atoms with E-state index in [-0.39, 0.29) is 5.62 Å². The molecule has 2 nitrogen and oxygen atoms in total. The van der Waals surface area contributed by atoms with Crippen molar-refractivity contribution in [3.8, 4) is 0 Å². The quantitative estimate of drug-likeness (QED) is 0.273. The third-order valence-corrected chi connectivity index (χ3v) is 2.23. The molecule has 0 saturated heterocycles. The second-order valence-electron chi connectivity index (χ2n) is 1.29. The fourth-order valence-corrected chi connectivity index (χ4v) is 0.836. The van der Waals surface area contributed by atoms with Gasteiger partial charge in [0.1, 0.15) is 0 Å². The van der Waals surface area contributed by atoms with E-state index in [9.17, 15) is 0 Å². The smallest absolute Gasteiger partial charge is 0.205 e. The van der Waals surface area contributed by atoms with Crippen molar-refractivity contribution < 1.29 is 0 Å². The molecule has 1 aliphatic heterocycles. The molecule has 1 atom stereocenters. The number of halogens is 2. The van der Waals surface area contributed by atoms with Crippen molar-refractivity contribution in [2.45, 2.75) is 5.62 Å². The Hall–Kier alpha value is 0.230. The Balaban J connectivity index is 2.59. The first-order valence-corrected chi connectivity index (χ1v) is 3.49. The highest BCUT2D eigenvalue weighted by Crippen LogP contribution is 2.14. The first-order valence-electron chi connectivity index (χ1n) is 2.09. The molecular formula is C4H4ClIN2.